The van der Waals surface area contributed by atoms with Gasteiger partial charge in [0.05, 0.1) is 12.7 Å². The van der Waals surface area contributed by atoms with Crippen LogP contribution < -0.4 is 0 Å². The molecule has 2 aliphatic heterocycles. The highest BCUT2D eigenvalue weighted by Gasteiger charge is 2.36. The zero-order valence-corrected chi connectivity index (χ0v) is 6.57. The summed E-state index contributed by atoms with van der Waals surface area (Å²) >= 11 is 0. The van der Waals surface area contributed by atoms with E-state index in [0.29, 0.717) is 6.10 Å². The number of epoxide rings is 1. The quantitative estimate of drug-likeness (QED) is 0.394. The van der Waals surface area contributed by atoms with Gasteiger partial charge in [-0.1, -0.05) is 9.39 Å². The van der Waals surface area contributed by atoms with Crippen molar-refractivity contribution in [2.75, 3.05) is 19.7 Å². The zero-order chi connectivity index (χ0) is 6.27. The lowest BCUT2D eigenvalue weighted by Crippen LogP contribution is -2.11. The summed E-state index contributed by atoms with van der Waals surface area (Å²) in [5.74, 6) is 0.836. The predicted molar refractivity (Wildman–Crippen MR) is 39.1 cm³/mol. The highest BCUT2D eigenvalue weighted by Crippen LogP contribution is 2.29. The fourth-order valence-corrected chi connectivity index (χ4v) is 1.87. The number of hydrogen-bond donors (Lipinski definition) is 0. The van der Waals surface area contributed by atoms with Crippen molar-refractivity contribution in [2.45, 2.75) is 12.5 Å². The summed E-state index contributed by atoms with van der Waals surface area (Å²) in [6.45, 7) is 3.47. The summed E-state index contributed by atoms with van der Waals surface area (Å²) in [5.41, 5.74) is 0. The molecule has 2 fully saturated rings. The van der Waals surface area contributed by atoms with Gasteiger partial charge < -0.3 is 4.74 Å². The molecule has 0 bridgehead atoms. The van der Waals surface area contributed by atoms with Crippen molar-refractivity contribution in [3.63, 3.8) is 0 Å². The van der Waals surface area contributed by atoms with Crippen molar-refractivity contribution >= 4 is 9.39 Å². The van der Waals surface area contributed by atoms with Crippen LogP contribution in [0.4, 0.5) is 0 Å². The van der Waals surface area contributed by atoms with Gasteiger partial charge in [-0.3, -0.25) is 4.67 Å². The first kappa shape index (κ1) is 6.09. The van der Waals surface area contributed by atoms with Gasteiger partial charge in [-0.25, -0.2) is 0 Å². The van der Waals surface area contributed by atoms with E-state index in [9.17, 15) is 0 Å². The first-order valence-electron chi connectivity index (χ1n) is 3.47. The van der Waals surface area contributed by atoms with Gasteiger partial charge in [0, 0.05) is 19.0 Å². The van der Waals surface area contributed by atoms with E-state index >= 15 is 0 Å². The van der Waals surface area contributed by atoms with Gasteiger partial charge >= 0.3 is 0 Å². The molecule has 2 aliphatic rings. The lowest BCUT2D eigenvalue weighted by atomic mass is 10.1. The smallest absolute Gasteiger partial charge is 0.0850 e. The van der Waals surface area contributed by atoms with Gasteiger partial charge in [-0.05, 0) is 6.42 Å². The van der Waals surface area contributed by atoms with Crippen LogP contribution in [0.1, 0.15) is 6.42 Å². The summed E-state index contributed by atoms with van der Waals surface area (Å²) in [4.78, 5) is 0. The highest BCUT2D eigenvalue weighted by molar-refractivity contribution is 7.13. The van der Waals surface area contributed by atoms with Crippen LogP contribution in [0.25, 0.3) is 0 Å². The van der Waals surface area contributed by atoms with Crippen LogP contribution in [-0.4, -0.2) is 30.5 Å². The molecule has 0 N–H and O–H groups in total. The molecular weight excluding hydrogens is 133 g/mol. The molecule has 2 nitrogen and oxygen atoms in total. The molecule has 3 unspecified atom stereocenters. The maximum Gasteiger partial charge on any atom is 0.0850 e. The molecule has 3 atom stereocenters. The van der Waals surface area contributed by atoms with Crippen molar-refractivity contribution in [1.82, 2.24) is 4.67 Å². The average Bonchev–Trinajstić information content (AvgIpc) is 2.58. The molecular formula is C6H12NOP. The molecule has 9 heavy (non-hydrogen) atoms. The third-order valence-corrected chi connectivity index (χ3v) is 2.61. The van der Waals surface area contributed by atoms with E-state index in [1.54, 1.807) is 0 Å². The first-order chi connectivity index (χ1) is 4.36. The normalized spacial score (nSPS) is 43.7. The van der Waals surface area contributed by atoms with Gasteiger partial charge in [0.25, 0.3) is 0 Å². The predicted octanol–water partition coefficient (Wildman–Crippen LogP) is 0.497. The van der Waals surface area contributed by atoms with Crippen LogP contribution in [-0.2, 0) is 4.74 Å². The molecule has 0 aliphatic carbocycles. The van der Waals surface area contributed by atoms with E-state index < -0.39 is 0 Å². The van der Waals surface area contributed by atoms with Gasteiger partial charge in [-0.15, -0.1) is 0 Å². The van der Waals surface area contributed by atoms with Crippen molar-refractivity contribution < 1.29 is 4.74 Å². The van der Waals surface area contributed by atoms with Crippen LogP contribution in [0.5, 0.6) is 0 Å². The molecule has 0 spiro atoms. The summed E-state index contributed by atoms with van der Waals surface area (Å²) in [6, 6.07) is 0. The molecule has 0 radical (unpaired) electrons. The van der Waals surface area contributed by atoms with Crippen molar-refractivity contribution in [3.05, 3.63) is 0 Å². The van der Waals surface area contributed by atoms with E-state index in [1.807, 2.05) is 0 Å². The van der Waals surface area contributed by atoms with Crippen molar-refractivity contribution in [3.8, 4) is 0 Å². The molecule has 2 saturated heterocycles. The van der Waals surface area contributed by atoms with Gasteiger partial charge in [0.1, 0.15) is 0 Å². The Kier molecular flexibility index (Phi) is 1.48. The van der Waals surface area contributed by atoms with Gasteiger partial charge in [0.2, 0.25) is 0 Å². The van der Waals surface area contributed by atoms with Crippen LogP contribution in [0.3, 0.4) is 0 Å². The third-order valence-electron chi connectivity index (χ3n) is 2.14. The van der Waals surface area contributed by atoms with Crippen LogP contribution >= 0.6 is 9.39 Å². The molecule has 2 rings (SSSR count). The second-order valence-electron chi connectivity index (χ2n) is 2.92. The molecule has 0 amide bonds. The Labute approximate surface area is 57.8 Å². The highest BCUT2D eigenvalue weighted by atomic mass is 31.0. The van der Waals surface area contributed by atoms with Crippen LogP contribution in [0.2, 0.25) is 0 Å². The number of ether oxygens (including phenoxy) is 1. The van der Waals surface area contributed by atoms with E-state index in [0.717, 1.165) is 12.5 Å². The Bertz CT molecular complexity index is 116. The third kappa shape index (κ3) is 1.26. The van der Waals surface area contributed by atoms with E-state index in [-0.39, 0.29) is 0 Å². The number of rotatable bonds is 1. The SMILES string of the molecule is PN1CCC(C2CO2)C1. The minimum absolute atomic E-state index is 0.621. The topological polar surface area (TPSA) is 15.8 Å². The maximum atomic E-state index is 5.20. The molecule has 0 aromatic carbocycles. The Morgan fingerprint density at radius 2 is 2.33 bits per heavy atom. The summed E-state index contributed by atoms with van der Waals surface area (Å²) in [7, 11) is 2.75. The zero-order valence-electron chi connectivity index (χ0n) is 5.42. The average molecular weight is 145 g/mol. The number of nitrogens with zero attached hydrogens (tertiary/aromatic N) is 1. The van der Waals surface area contributed by atoms with Crippen LogP contribution in [0.15, 0.2) is 0 Å². The van der Waals surface area contributed by atoms with Crippen molar-refractivity contribution in [1.29, 1.82) is 0 Å². The lowest BCUT2D eigenvalue weighted by molar-refractivity contribution is 0.335. The standard InChI is InChI=1S/C6H12NOP/c9-7-2-1-5(3-7)6-4-8-6/h5-6H,1-4,9H2. The molecule has 3 heteroatoms. The number of hydrogen-bond acceptors (Lipinski definition) is 2. The second-order valence-corrected chi connectivity index (χ2v) is 3.65. The Balaban J connectivity index is 1.86. The first-order valence-corrected chi connectivity index (χ1v) is 3.99. The molecule has 0 aromatic rings. The van der Waals surface area contributed by atoms with E-state index in [4.69, 9.17) is 4.74 Å². The van der Waals surface area contributed by atoms with Gasteiger partial charge in [-0.2, -0.15) is 0 Å². The Morgan fingerprint density at radius 1 is 1.56 bits per heavy atom. The van der Waals surface area contributed by atoms with E-state index in [1.165, 1.54) is 19.5 Å². The largest absolute Gasteiger partial charge is 0.373 e. The van der Waals surface area contributed by atoms with E-state index in [2.05, 4.69) is 14.1 Å². The van der Waals surface area contributed by atoms with Crippen molar-refractivity contribution in [2.24, 2.45) is 5.92 Å². The maximum absolute atomic E-state index is 5.20. The Hall–Kier alpha value is 0.350. The summed E-state index contributed by atoms with van der Waals surface area (Å²) in [6.07, 6.45) is 1.95. The summed E-state index contributed by atoms with van der Waals surface area (Å²) in [5, 5.41) is 0. The van der Waals surface area contributed by atoms with Gasteiger partial charge in [0.15, 0.2) is 0 Å². The molecule has 0 saturated carbocycles. The lowest BCUT2D eigenvalue weighted by Gasteiger charge is -2.05. The molecule has 2 heterocycles. The molecule has 52 valence electrons. The summed E-state index contributed by atoms with van der Waals surface area (Å²) < 4.78 is 7.50. The monoisotopic (exact) mass is 145 g/mol. The minimum Gasteiger partial charge on any atom is -0.373 e. The fraction of sp³-hybridized carbons (Fsp3) is 1.00. The minimum atomic E-state index is 0.621. The second kappa shape index (κ2) is 2.19. The molecule has 0 aromatic heterocycles. The van der Waals surface area contributed by atoms with Crippen LogP contribution in [0, 0.1) is 5.92 Å². The fourth-order valence-electron chi connectivity index (χ4n) is 1.45. The Morgan fingerprint density at radius 3 is 2.78 bits per heavy atom.